The Morgan fingerprint density at radius 1 is 0.370 bits per heavy atom. The van der Waals surface area contributed by atoms with Crippen LogP contribution in [0.25, 0.3) is 0 Å². The smallest absolute Gasteiger partial charge is 0.305 e. The third kappa shape index (κ3) is 59.4. The minimum atomic E-state index is -0.844. The molecule has 0 heterocycles. The Morgan fingerprint density at radius 3 is 1.01 bits per heavy atom. The number of esters is 1. The van der Waals surface area contributed by atoms with Crippen molar-refractivity contribution in [1.82, 2.24) is 5.32 Å². The summed E-state index contributed by atoms with van der Waals surface area (Å²) in [6, 6.07) is -0.627. The molecule has 0 rings (SSSR count). The summed E-state index contributed by atoms with van der Waals surface area (Å²) in [5.41, 5.74) is 0. The first-order valence-electron chi connectivity index (χ1n) is 33.1. The Balaban J connectivity index is 3.40. The number of amides is 1. The molecule has 0 fully saturated rings. The molecule has 0 aliphatic heterocycles. The van der Waals surface area contributed by atoms with Gasteiger partial charge in [0.05, 0.1) is 25.4 Å². The highest BCUT2D eigenvalue weighted by atomic mass is 16.5. The molecule has 0 aromatic rings. The van der Waals surface area contributed by atoms with E-state index in [4.69, 9.17) is 4.74 Å². The van der Waals surface area contributed by atoms with Gasteiger partial charge in [0.1, 0.15) is 0 Å². The third-order valence-corrected chi connectivity index (χ3v) is 15.5. The van der Waals surface area contributed by atoms with E-state index in [-0.39, 0.29) is 18.5 Å². The Morgan fingerprint density at radius 2 is 0.658 bits per heavy atom. The number of nitrogens with one attached hydrogen (secondary N) is 1. The molecular weight excluding hydrogens is 899 g/mol. The summed E-state index contributed by atoms with van der Waals surface area (Å²) >= 11 is 0. The largest absolute Gasteiger partial charge is 0.466 e. The summed E-state index contributed by atoms with van der Waals surface area (Å²) in [6.07, 6.45) is 78.1. The van der Waals surface area contributed by atoms with Gasteiger partial charge in [0.2, 0.25) is 5.91 Å². The van der Waals surface area contributed by atoms with Crippen molar-refractivity contribution in [1.29, 1.82) is 0 Å². The quantitative estimate of drug-likeness (QED) is 0.0320. The monoisotopic (exact) mass is 1030 g/mol. The second-order valence-electron chi connectivity index (χ2n) is 22.8. The molecule has 0 spiro atoms. The number of carbonyl (C=O) groups is 2. The molecule has 3 N–H and O–H groups in total. The maximum atomic E-state index is 12.5. The highest BCUT2D eigenvalue weighted by molar-refractivity contribution is 5.76. The number of allylic oxidation sites excluding steroid dienone is 3. The molecular formula is C67H129NO5. The predicted molar refractivity (Wildman–Crippen MR) is 320 cm³/mol. The maximum absolute atomic E-state index is 12.5. The lowest BCUT2D eigenvalue weighted by atomic mass is 10.0. The van der Waals surface area contributed by atoms with Crippen molar-refractivity contribution in [3.63, 3.8) is 0 Å². The first-order valence-corrected chi connectivity index (χ1v) is 33.1. The van der Waals surface area contributed by atoms with E-state index < -0.39 is 12.1 Å². The highest BCUT2D eigenvalue weighted by Gasteiger charge is 2.18. The minimum absolute atomic E-state index is 0.00529. The number of ether oxygens (including phenoxy) is 1. The summed E-state index contributed by atoms with van der Waals surface area (Å²) in [5.74, 6) is -0.0575. The molecule has 73 heavy (non-hydrogen) atoms. The fourth-order valence-electron chi connectivity index (χ4n) is 10.4. The molecule has 0 saturated heterocycles. The zero-order valence-corrected chi connectivity index (χ0v) is 49.4. The molecule has 0 aromatic carbocycles. The van der Waals surface area contributed by atoms with Crippen molar-refractivity contribution in [2.75, 3.05) is 13.2 Å². The summed E-state index contributed by atoms with van der Waals surface area (Å²) < 4.78 is 5.46. The van der Waals surface area contributed by atoms with Gasteiger partial charge in [-0.15, -0.1) is 0 Å². The molecule has 1 amide bonds. The van der Waals surface area contributed by atoms with Crippen LogP contribution in [0, 0.1) is 0 Å². The van der Waals surface area contributed by atoms with Crippen LogP contribution < -0.4 is 5.32 Å². The van der Waals surface area contributed by atoms with Crippen LogP contribution in [-0.4, -0.2) is 47.4 Å². The Hall–Kier alpha value is -1.66. The molecule has 2 atom stereocenters. The molecule has 0 aliphatic carbocycles. The maximum Gasteiger partial charge on any atom is 0.305 e. The van der Waals surface area contributed by atoms with Crippen molar-refractivity contribution in [3.05, 3.63) is 24.3 Å². The molecule has 6 nitrogen and oxygen atoms in total. The molecule has 0 radical (unpaired) electrons. The second kappa shape index (κ2) is 62.9. The van der Waals surface area contributed by atoms with E-state index in [9.17, 15) is 19.8 Å². The van der Waals surface area contributed by atoms with Crippen molar-refractivity contribution in [3.8, 4) is 0 Å². The lowest BCUT2D eigenvalue weighted by Crippen LogP contribution is -2.45. The van der Waals surface area contributed by atoms with Crippen LogP contribution in [0.1, 0.15) is 367 Å². The fraction of sp³-hybridized carbons (Fsp3) is 0.910. The lowest BCUT2D eigenvalue weighted by molar-refractivity contribution is -0.143. The number of hydrogen-bond donors (Lipinski definition) is 3. The van der Waals surface area contributed by atoms with Crippen molar-refractivity contribution in [2.45, 2.75) is 379 Å². The SMILES string of the molecule is CCCC/C=C\CCCCCCCC(=O)OCCCCCCCCCCCCCCCCCCCCCCCCCCCC(=O)NC(CO)C(O)/C=C/CCCCCCCCCCCCCCCCCCCC. The first-order chi connectivity index (χ1) is 36.0. The summed E-state index contributed by atoms with van der Waals surface area (Å²) in [6.45, 7) is 4.90. The average molecular weight is 1030 g/mol. The van der Waals surface area contributed by atoms with Gasteiger partial charge in [-0.2, -0.15) is 0 Å². The van der Waals surface area contributed by atoms with Crippen molar-refractivity contribution in [2.24, 2.45) is 0 Å². The number of hydrogen-bond acceptors (Lipinski definition) is 5. The van der Waals surface area contributed by atoms with Gasteiger partial charge in [-0.3, -0.25) is 9.59 Å². The number of aliphatic hydroxyl groups is 2. The van der Waals surface area contributed by atoms with Crippen molar-refractivity contribution >= 4 is 11.9 Å². The molecule has 0 saturated carbocycles. The zero-order chi connectivity index (χ0) is 52.9. The number of carbonyl (C=O) groups excluding carboxylic acids is 2. The van der Waals surface area contributed by atoms with E-state index in [1.54, 1.807) is 6.08 Å². The molecule has 6 heteroatoms. The van der Waals surface area contributed by atoms with Crippen molar-refractivity contribution < 1.29 is 24.5 Å². The van der Waals surface area contributed by atoms with Gasteiger partial charge in [-0.05, 0) is 51.4 Å². The van der Waals surface area contributed by atoms with Gasteiger partial charge in [0.25, 0.3) is 0 Å². The molecule has 2 unspecified atom stereocenters. The van der Waals surface area contributed by atoms with Crippen LogP contribution in [0.15, 0.2) is 24.3 Å². The summed E-state index contributed by atoms with van der Waals surface area (Å²) in [4.78, 5) is 24.5. The van der Waals surface area contributed by atoms with Crippen LogP contribution in [-0.2, 0) is 14.3 Å². The van der Waals surface area contributed by atoms with Crippen LogP contribution in [0.4, 0.5) is 0 Å². The van der Waals surface area contributed by atoms with E-state index >= 15 is 0 Å². The lowest BCUT2D eigenvalue weighted by Gasteiger charge is -2.20. The van der Waals surface area contributed by atoms with Gasteiger partial charge < -0.3 is 20.3 Å². The number of rotatable bonds is 62. The number of unbranched alkanes of at least 4 members (excludes halogenated alkanes) is 49. The van der Waals surface area contributed by atoms with E-state index in [1.807, 2.05) is 6.08 Å². The third-order valence-electron chi connectivity index (χ3n) is 15.5. The Kier molecular flexibility index (Phi) is 61.4. The van der Waals surface area contributed by atoms with Crippen LogP contribution in [0.2, 0.25) is 0 Å². The fourth-order valence-corrected chi connectivity index (χ4v) is 10.4. The molecule has 432 valence electrons. The van der Waals surface area contributed by atoms with E-state index in [1.165, 1.54) is 295 Å². The van der Waals surface area contributed by atoms with Crippen LogP contribution in [0.3, 0.4) is 0 Å². The first kappa shape index (κ1) is 71.3. The predicted octanol–water partition coefficient (Wildman–Crippen LogP) is 21.0. The Labute approximate surface area is 456 Å². The average Bonchev–Trinajstić information content (AvgIpc) is 3.39. The second-order valence-corrected chi connectivity index (χ2v) is 22.8. The normalized spacial score (nSPS) is 12.7. The topological polar surface area (TPSA) is 95.9 Å². The van der Waals surface area contributed by atoms with Gasteiger partial charge in [-0.1, -0.05) is 327 Å². The minimum Gasteiger partial charge on any atom is -0.466 e. The molecule has 0 bridgehead atoms. The number of aliphatic hydroxyl groups excluding tert-OH is 2. The van der Waals surface area contributed by atoms with Gasteiger partial charge in [0, 0.05) is 12.8 Å². The zero-order valence-electron chi connectivity index (χ0n) is 49.4. The Bertz CT molecular complexity index is 1140. The van der Waals surface area contributed by atoms with Gasteiger partial charge in [-0.25, -0.2) is 0 Å². The van der Waals surface area contributed by atoms with E-state index in [0.717, 1.165) is 44.9 Å². The summed E-state index contributed by atoms with van der Waals surface area (Å²) in [5, 5.41) is 23.2. The highest BCUT2D eigenvalue weighted by Crippen LogP contribution is 2.18. The molecule has 0 aromatic heterocycles. The standard InChI is InChI=1S/C67H129NO5/c1-3-5-7-9-11-13-15-16-17-18-19-27-30-33-36-40-43-47-51-55-59-65(70)64(63-69)68-66(71)60-56-52-48-44-41-37-34-31-28-25-23-21-20-22-24-26-29-32-35-38-42-46-50-54-58-62-73-67(72)61-57-53-49-45-39-14-12-10-8-6-4-2/h10,12,55,59,64-65,69-70H,3-9,11,13-54,56-58,60-63H2,1-2H3,(H,68,71)/b12-10-,59-55+. The van der Waals surface area contributed by atoms with Gasteiger partial charge in [0.15, 0.2) is 0 Å². The van der Waals surface area contributed by atoms with E-state index in [0.29, 0.717) is 19.4 Å². The van der Waals surface area contributed by atoms with Crippen LogP contribution in [0.5, 0.6) is 0 Å². The molecule has 0 aliphatic rings. The van der Waals surface area contributed by atoms with Gasteiger partial charge >= 0.3 is 5.97 Å². The van der Waals surface area contributed by atoms with E-state index in [2.05, 4.69) is 31.3 Å². The van der Waals surface area contributed by atoms with Crippen LogP contribution >= 0.6 is 0 Å². The summed E-state index contributed by atoms with van der Waals surface area (Å²) in [7, 11) is 0.